The molecule has 3 nitrogen and oxygen atoms in total. The van der Waals surface area contributed by atoms with Crippen molar-refractivity contribution < 1.29 is 9.94 Å². The summed E-state index contributed by atoms with van der Waals surface area (Å²) in [7, 11) is 1.83. The molecule has 0 radical (unpaired) electrons. The molecule has 3 saturated carbocycles. The highest BCUT2D eigenvalue weighted by Gasteiger charge is 2.60. The zero-order valence-corrected chi connectivity index (χ0v) is 18.4. The molecule has 4 aliphatic carbocycles. The van der Waals surface area contributed by atoms with E-state index < -0.39 is 0 Å². The van der Waals surface area contributed by atoms with Crippen molar-refractivity contribution >= 4 is 5.71 Å². The Bertz CT molecular complexity index is 620. The molecule has 0 bridgehead atoms. The van der Waals surface area contributed by atoms with Gasteiger partial charge in [-0.2, -0.15) is 0 Å². The Morgan fingerprint density at radius 2 is 1.96 bits per heavy atom. The number of methoxy groups -OCH3 is 1. The minimum Gasteiger partial charge on any atom is -0.411 e. The average Bonchev–Trinajstić information content (AvgIpc) is 3.50. The molecular formula is C25H41NO2. The van der Waals surface area contributed by atoms with Crippen molar-refractivity contribution in [2.24, 2.45) is 39.7 Å². The number of unbranched alkanes of at least 4 members (excludes halogenated alkanes) is 1. The second kappa shape index (κ2) is 8.13. The van der Waals surface area contributed by atoms with Gasteiger partial charge in [0.15, 0.2) is 0 Å². The fourth-order valence-electron chi connectivity index (χ4n) is 7.88. The Morgan fingerprint density at radius 1 is 1.14 bits per heavy atom. The molecule has 0 aromatic heterocycles. The first-order valence-electron chi connectivity index (χ1n) is 12.0. The molecule has 0 aromatic carbocycles. The van der Waals surface area contributed by atoms with Crippen molar-refractivity contribution in [3.05, 3.63) is 11.6 Å². The Balaban J connectivity index is 1.58. The van der Waals surface area contributed by atoms with E-state index in [0.717, 1.165) is 42.4 Å². The molecule has 0 heterocycles. The van der Waals surface area contributed by atoms with Crippen LogP contribution < -0.4 is 0 Å². The van der Waals surface area contributed by atoms with Gasteiger partial charge in [0.05, 0.1) is 5.71 Å². The van der Waals surface area contributed by atoms with Crippen LogP contribution in [0, 0.1) is 34.5 Å². The molecule has 3 fully saturated rings. The maximum atomic E-state index is 9.34. The maximum Gasteiger partial charge on any atom is 0.0795 e. The Hall–Kier alpha value is -0.830. The van der Waals surface area contributed by atoms with Gasteiger partial charge in [0, 0.05) is 13.7 Å². The number of ether oxygens (including phenoxy) is 1. The van der Waals surface area contributed by atoms with Crippen LogP contribution in [-0.4, -0.2) is 24.6 Å². The van der Waals surface area contributed by atoms with Gasteiger partial charge >= 0.3 is 0 Å². The molecule has 4 rings (SSSR count). The molecule has 28 heavy (non-hydrogen) atoms. The average molecular weight is 388 g/mol. The van der Waals surface area contributed by atoms with E-state index in [1.165, 1.54) is 70.6 Å². The second-order valence-corrected chi connectivity index (χ2v) is 10.4. The number of hydrogen-bond donors (Lipinski definition) is 1. The maximum absolute atomic E-state index is 9.34. The van der Waals surface area contributed by atoms with Gasteiger partial charge in [0.2, 0.25) is 0 Å². The van der Waals surface area contributed by atoms with Crippen LogP contribution in [-0.2, 0) is 4.74 Å². The van der Waals surface area contributed by atoms with Crippen molar-refractivity contribution in [1.82, 2.24) is 0 Å². The normalized spacial score (nSPS) is 40.1. The van der Waals surface area contributed by atoms with Crippen LogP contribution in [0.1, 0.15) is 90.9 Å². The highest BCUT2D eigenvalue weighted by molar-refractivity contribution is 5.96. The molecule has 0 saturated heterocycles. The van der Waals surface area contributed by atoms with Crippen LogP contribution in [0.2, 0.25) is 0 Å². The first kappa shape index (κ1) is 20.4. The molecule has 0 aromatic rings. The third kappa shape index (κ3) is 3.36. The lowest BCUT2D eigenvalue weighted by atomic mass is 9.47. The number of oxime groups is 1. The summed E-state index contributed by atoms with van der Waals surface area (Å²) in [5, 5.41) is 12.9. The Labute approximate surface area is 172 Å². The number of hydrogen-bond acceptors (Lipinski definition) is 3. The predicted molar refractivity (Wildman–Crippen MR) is 115 cm³/mol. The molecule has 4 aliphatic rings. The van der Waals surface area contributed by atoms with Gasteiger partial charge in [-0.15, -0.1) is 0 Å². The minimum atomic E-state index is 0.475. The predicted octanol–water partition coefficient (Wildman–Crippen LogP) is 6.60. The monoisotopic (exact) mass is 387 g/mol. The van der Waals surface area contributed by atoms with Gasteiger partial charge in [0.25, 0.3) is 0 Å². The first-order valence-corrected chi connectivity index (χ1v) is 12.0. The standard InChI is InChI=1S/C25H41NO2/c1-4-22-21-17-25(13-14-25)23-16-18(26-27)8-9-20(23)19(21)10-12-24(22,5-2)11-6-7-15-28-3/h16,19-22,27H,4-15,17H2,1-3H3/b26-18+. The third-order valence-electron chi connectivity index (χ3n) is 9.42. The summed E-state index contributed by atoms with van der Waals surface area (Å²) in [6.45, 7) is 5.84. The lowest BCUT2D eigenvalue weighted by molar-refractivity contribution is -0.0545. The quantitative estimate of drug-likeness (QED) is 0.304. The van der Waals surface area contributed by atoms with Crippen molar-refractivity contribution in [3.63, 3.8) is 0 Å². The molecule has 1 spiro atoms. The summed E-state index contributed by atoms with van der Waals surface area (Å²) >= 11 is 0. The highest BCUT2D eigenvalue weighted by atomic mass is 16.5. The molecule has 0 aliphatic heterocycles. The van der Waals surface area contributed by atoms with E-state index in [0.29, 0.717) is 10.8 Å². The van der Waals surface area contributed by atoms with Crippen molar-refractivity contribution in [3.8, 4) is 0 Å². The van der Waals surface area contributed by atoms with Gasteiger partial charge in [-0.1, -0.05) is 43.8 Å². The summed E-state index contributed by atoms with van der Waals surface area (Å²) in [5.41, 5.74) is 3.65. The van der Waals surface area contributed by atoms with Crippen LogP contribution in [0.15, 0.2) is 16.8 Å². The zero-order chi connectivity index (χ0) is 19.8. The molecule has 1 N–H and O–H groups in total. The number of fused-ring (bicyclic) bond motifs is 4. The fourth-order valence-corrected chi connectivity index (χ4v) is 7.88. The van der Waals surface area contributed by atoms with Gasteiger partial charge in [0.1, 0.15) is 0 Å². The van der Waals surface area contributed by atoms with Gasteiger partial charge in [-0.3, -0.25) is 0 Å². The molecule has 0 amide bonds. The van der Waals surface area contributed by atoms with E-state index in [1.807, 2.05) is 7.11 Å². The van der Waals surface area contributed by atoms with E-state index in [4.69, 9.17) is 4.74 Å². The van der Waals surface area contributed by atoms with E-state index in [9.17, 15) is 5.21 Å². The Kier molecular flexibility index (Phi) is 5.93. The van der Waals surface area contributed by atoms with Crippen LogP contribution in [0.25, 0.3) is 0 Å². The SMILES string of the molecule is CCC1C2CC3(CC3)C3=C/C(=N/O)CCC3C2CCC1(CC)CCCCOC. The lowest BCUT2D eigenvalue weighted by Gasteiger charge is -2.58. The molecule has 5 atom stereocenters. The van der Waals surface area contributed by atoms with E-state index >= 15 is 0 Å². The zero-order valence-electron chi connectivity index (χ0n) is 18.4. The fraction of sp³-hybridized carbons (Fsp3) is 0.880. The summed E-state index contributed by atoms with van der Waals surface area (Å²) < 4.78 is 5.32. The summed E-state index contributed by atoms with van der Waals surface area (Å²) in [6.07, 6.45) is 18.1. The second-order valence-electron chi connectivity index (χ2n) is 10.4. The van der Waals surface area contributed by atoms with E-state index in [1.54, 1.807) is 5.57 Å². The van der Waals surface area contributed by atoms with Crippen molar-refractivity contribution in [2.45, 2.75) is 90.9 Å². The van der Waals surface area contributed by atoms with Crippen LogP contribution in [0.4, 0.5) is 0 Å². The van der Waals surface area contributed by atoms with Crippen molar-refractivity contribution in [2.75, 3.05) is 13.7 Å². The minimum absolute atomic E-state index is 0.475. The van der Waals surface area contributed by atoms with Gasteiger partial charge < -0.3 is 9.94 Å². The molecule has 158 valence electrons. The van der Waals surface area contributed by atoms with Gasteiger partial charge in [-0.25, -0.2) is 0 Å². The van der Waals surface area contributed by atoms with Crippen LogP contribution >= 0.6 is 0 Å². The summed E-state index contributed by atoms with van der Waals surface area (Å²) in [4.78, 5) is 0. The first-order chi connectivity index (χ1) is 13.6. The number of allylic oxidation sites excluding steroid dienone is 2. The topological polar surface area (TPSA) is 41.8 Å². The van der Waals surface area contributed by atoms with Crippen LogP contribution in [0.3, 0.4) is 0 Å². The van der Waals surface area contributed by atoms with Crippen LogP contribution in [0.5, 0.6) is 0 Å². The molecular weight excluding hydrogens is 346 g/mol. The van der Waals surface area contributed by atoms with E-state index in [-0.39, 0.29) is 0 Å². The molecule has 3 heteroatoms. The highest BCUT2D eigenvalue weighted by Crippen LogP contribution is 2.70. The summed E-state index contributed by atoms with van der Waals surface area (Å²) in [5.74, 6) is 3.45. The summed E-state index contributed by atoms with van der Waals surface area (Å²) in [6, 6.07) is 0. The Morgan fingerprint density at radius 3 is 2.61 bits per heavy atom. The van der Waals surface area contributed by atoms with Gasteiger partial charge in [-0.05, 0) is 98.4 Å². The number of nitrogens with zero attached hydrogens (tertiary/aromatic N) is 1. The molecule has 5 unspecified atom stereocenters. The largest absolute Gasteiger partial charge is 0.411 e. The third-order valence-corrected chi connectivity index (χ3v) is 9.42. The smallest absolute Gasteiger partial charge is 0.0795 e. The lowest BCUT2D eigenvalue weighted by Crippen LogP contribution is -2.50. The number of rotatable bonds is 7. The van der Waals surface area contributed by atoms with E-state index in [2.05, 4.69) is 25.1 Å². The van der Waals surface area contributed by atoms with Crippen molar-refractivity contribution in [1.29, 1.82) is 0 Å².